The summed E-state index contributed by atoms with van der Waals surface area (Å²) in [5, 5.41) is 8.03. The minimum Gasteiger partial charge on any atom is -0.445 e. The molecule has 1 aromatic rings. The van der Waals surface area contributed by atoms with E-state index in [-0.39, 0.29) is 44.5 Å². The molecule has 1 saturated carbocycles. The van der Waals surface area contributed by atoms with Crippen LogP contribution in [0.5, 0.6) is 0 Å². The third-order valence-electron chi connectivity index (χ3n) is 9.23. The van der Waals surface area contributed by atoms with Crippen molar-refractivity contribution in [3.63, 3.8) is 0 Å². The highest BCUT2D eigenvalue weighted by atomic mass is 32.1. The van der Waals surface area contributed by atoms with E-state index in [2.05, 4.69) is 28.6 Å². The number of rotatable bonds is 34. The summed E-state index contributed by atoms with van der Waals surface area (Å²) in [6.45, 7) is 15.3. The SMILES string of the molecule is CC1(C)OB(c2ccccc2COC(=O)N[C]2[CH][CH][C](CNC(=O)CNC(=O)CCOCCOCCOCCOCCOCCOCCOCCOCCS)[CH]2)OC1(C)C. The third-order valence-corrected chi connectivity index (χ3v) is 9.42. The molecule has 337 valence electrons. The minimum absolute atomic E-state index is 0.0274. The predicted octanol–water partition coefficient (Wildman–Crippen LogP) is 1.63. The Morgan fingerprint density at radius 2 is 1.12 bits per heavy atom. The average molecular weight is 867 g/mol. The molecular weight excluding hydrogens is 801 g/mol. The van der Waals surface area contributed by atoms with Crippen LogP contribution in [0.25, 0.3) is 0 Å². The Kier molecular flexibility index (Phi) is 26.3. The van der Waals surface area contributed by atoms with Crippen LogP contribution in [-0.2, 0) is 68.1 Å². The van der Waals surface area contributed by atoms with Gasteiger partial charge in [-0.1, -0.05) is 24.3 Å². The Balaban J connectivity index is 1.06. The lowest BCUT2D eigenvalue weighted by Crippen LogP contribution is -2.41. The molecule has 2 aliphatic rings. The molecule has 1 aliphatic heterocycles. The van der Waals surface area contributed by atoms with E-state index in [1.165, 1.54) is 0 Å². The van der Waals surface area contributed by atoms with Crippen molar-refractivity contribution in [2.24, 2.45) is 0 Å². The Morgan fingerprint density at radius 3 is 1.63 bits per heavy atom. The fraction of sp³-hybridized carbons (Fsp3) is 0.659. The van der Waals surface area contributed by atoms with Gasteiger partial charge in [0.15, 0.2) is 0 Å². The molecular formula is C41H65BN3O14S. The molecule has 0 spiro atoms. The molecule has 3 amide bonds. The topological polar surface area (TPSA) is 189 Å². The maximum Gasteiger partial charge on any atom is 0.495 e. The van der Waals surface area contributed by atoms with Gasteiger partial charge in [-0.25, -0.2) is 4.79 Å². The predicted molar refractivity (Wildman–Crippen MR) is 226 cm³/mol. The van der Waals surface area contributed by atoms with Crippen LogP contribution < -0.4 is 21.4 Å². The Hall–Kier alpha value is -2.56. The molecule has 1 saturated heterocycles. The summed E-state index contributed by atoms with van der Waals surface area (Å²) in [5.41, 5.74) is 0.585. The summed E-state index contributed by atoms with van der Waals surface area (Å²) in [7, 11) is -0.577. The van der Waals surface area contributed by atoms with Crippen molar-refractivity contribution in [1.82, 2.24) is 16.0 Å². The quantitative estimate of drug-likeness (QED) is 0.0445. The number of hydrogen-bond acceptors (Lipinski definition) is 15. The number of nitrogens with one attached hydrogen (secondary N) is 3. The zero-order valence-corrected chi connectivity index (χ0v) is 36.5. The van der Waals surface area contributed by atoms with Gasteiger partial charge in [0.2, 0.25) is 11.8 Å². The largest absolute Gasteiger partial charge is 0.495 e. The molecule has 2 fully saturated rings. The Labute approximate surface area is 362 Å². The zero-order valence-electron chi connectivity index (χ0n) is 35.6. The number of amides is 3. The molecule has 0 bridgehead atoms. The maximum atomic E-state index is 12.6. The highest BCUT2D eigenvalue weighted by Gasteiger charge is 2.52. The molecule has 0 aromatic heterocycles. The van der Waals surface area contributed by atoms with Crippen LogP contribution in [-0.4, -0.2) is 161 Å². The number of benzene rings is 1. The van der Waals surface area contributed by atoms with Gasteiger partial charge in [-0.05, 0) is 58.0 Å². The van der Waals surface area contributed by atoms with E-state index in [4.69, 9.17) is 51.9 Å². The van der Waals surface area contributed by atoms with Crippen LogP contribution in [0.1, 0.15) is 39.7 Å². The van der Waals surface area contributed by atoms with Gasteiger partial charge in [0.05, 0.1) is 129 Å². The lowest BCUT2D eigenvalue weighted by molar-refractivity contribution is -0.126. The van der Waals surface area contributed by atoms with E-state index in [1.807, 2.05) is 52.0 Å². The fourth-order valence-corrected chi connectivity index (χ4v) is 5.37. The molecule has 60 heavy (non-hydrogen) atoms. The van der Waals surface area contributed by atoms with E-state index in [0.717, 1.165) is 16.9 Å². The van der Waals surface area contributed by atoms with Crippen molar-refractivity contribution in [2.75, 3.05) is 125 Å². The second-order valence-electron chi connectivity index (χ2n) is 14.4. The first-order chi connectivity index (χ1) is 29.0. The van der Waals surface area contributed by atoms with Gasteiger partial charge < -0.3 is 67.9 Å². The van der Waals surface area contributed by atoms with Gasteiger partial charge in [-0.15, -0.1) is 0 Å². The van der Waals surface area contributed by atoms with Crippen LogP contribution in [0.3, 0.4) is 0 Å². The number of carbonyl (C=O) groups excluding carboxylic acids is 3. The van der Waals surface area contributed by atoms with Gasteiger partial charge in [0, 0.05) is 24.6 Å². The van der Waals surface area contributed by atoms with E-state index in [9.17, 15) is 14.4 Å². The van der Waals surface area contributed by atoms with Crippen LogP contribution in [0.4, 0.5) is 4.79 Å². The van der Waals surface area contributed by atoms with Crippen molar-refractivity contribution in [1.29, 1.82) is 0 Å². The van der Waals surface area contributed by atoms with E-state index in [0.29, 0.717) is 111 Å². The van der Waals surface area contributed by atoms with Crippen molar-refractivity contribution < 1.29 is 66.3 Å². The molecule has 1 aliphatic carbocycles. The number of alkyl carbamates (subject to hydrolysis) is 1. The van der Waals surface area contributed by atoms with Crippen molar-refractivity contribution in [3.8, 4) is 0 Å². The van der Waals surface area contributed by atoms with Gasteiger partial charge in [-0.3, -0.25) is 9.59 Å². The molecule has 17 nitrogen and oxygen atoms in total. The first kappa shape index (κ1) is 51.8. The van der Waals surface area contributed by atoms with E-state index >= 15 is 0 Å². The molecule has 1 heterocycles. The molecule has 1 aromatic carbocycles. The fourth-order valence-electron chi connectivity index (χ4n) is 5.24. The Bertz CT molecular complexity index is 1330. The molecule has 0 unspecified atom stereocenters. The summed E-state index contributed by atoms with van der Waals surface area (Å²) < 4.78 is 61.2. The molecule has 19 heteroatoms. The second-order valence-corrected chi connectivity index (χ2v) is 14.9. The van der Waals surface area contributed by atoms with Crippen LogP contribution in [0.2, 0.25) is 0 Å². The highest BCUT2D eigenvalue weighted by molar-refractivity contribution is 7.80. The highest BCUT2D eigenvalue weighted by Crippen LogP contribution is 2.36. The van der Waals surface area contributed by atoms with Crippen LogP contribution in [0.15, 0.2) is 24.3 Å². The number of thiol groups is 1. The van der Waals surface area contributed by atoms with Crippen LogP contribution in [0, 0.1) is 31.2 Å². The first-order valence-corrected chi connectivity index (χ1v) is 21.0. The standard InChI is InChI=1S/C41H65BN3O14S/c1-40(2)41(3,4)59-42(58-40)36-8-6-5-7-34(36)32-57-39(48)45-35-10-9-33(29-35)30-43-38(47)31-44-37(46)11-12-49-13-14-50-15-16-51-17-18-52-19-20-53-21-22-54-23-24-55-25-26-56-27-28-60/h5-10,29,60H,11-28,30-32H2,1-4H3,(H,43,47)(H,44,46)(H,45,48). The van der Waals surface area contributed by atoms with Gasteiger partial charge >= 0.3 is 13.2 Å². The van der Waals surface area contributed by atoms with Crippen molar-refractivity contribution in [3.05, 3.63) is 61.1 Å². The maximum absolute atomic E-state index is 12.6. The summed E-state index contributed by atoms with van der Waals surface area (Å²) in [4.78, 5) is 37.0. The lowest BCUT2D eigenvalue weighted by Gasteiger charge is -2.32. The molecule has 3 N–H and O–H groups in total. The molecule has 0 atom stereocenters. The summed E-state index contributed by atoms with van der Waals surface area (Å²) in [5.74, 6) is 0.810. The molecule has 3 rings (SSSR count). The Morgan fingerprint density at radius 1 is 0.633 bits per heavy atom. The van der Waals surface area contributed by atoms with Gasteiger partial charge in [-0.2, -0.15) is 12.6 Å². The van der Waals surface area contributed by atoms with Crippen molar-refractivity contribution in [2.45, 2.75) is 51.9 Å². The average Bonchev–Trinajstić information content (AvgIpc) is 3.76. The smallest absolute Gasteiger partial charge is 0.445 e. The van der Waals surface area contributed by atoms with Crippen LogP contribution >= 0.6 is 12.6 Å². The van der Waals surface area contributed by atoms with E-state index < -0.39 is 24.4 Å². The third kappa shape index (κ3) is 22.0. The van der Waals surface area contributed by atoms with Gasteiger partial charge in [0.1, 0.15) is 6.61 Å². The summed E-state index contributed by atoms with van der Waals surface area (Å²) in [6.07, 6.45) is 4.70. The summed E-state index contributed by atoms with van der Waals surface area (Å²) >= 11 is 4.07. The normalized spacial score (nSPS) is 16.3. The minimum atomic E-state index is -0.625. The lowest BCUT2D eigenvalue weighted by atomic mass is 9.76. The van der Waals surface area contributed by atoms with Gasteiger partial charge in [0.25, 0.3) is 0 Å². The number of carbonyl (C=O) groups is 3. The summed E-state index contributed by atoms with van der Waals surface area (Å²) in [6, 6.07) is 8.05. The monoisotopic (exact) mass is 866 g/mol. The second kappa shape index (κ2) is 30.5. The molecule has 5 radical (unpaired) electrons. The number of hydrogen-bond donors (Lipinski definition) is 4. The van der Waals surface area contributed by atoms with E-state index in [1.54, 1.807) is 19.3 Å². The number of ether oxygens (including phenoxy) is 9. The zero-order chi connectivity index (χ0) is 43.3. The first-order valence-electron chi connectivity index (χ1n) is 20.4. The van der Waals surface area contributed by atoms with Crippen molar-refractivity contribution >= 4 is 43.1 Å².